The van der Waals surface area contributed by atoms with E-state index in [9.17, 15) is 0 Å². The highest BCUT2D eigenvalue weighted by Crippen LogP contribution is 2.12. The highest BCUT2D eigenvalue weighted by Gasteiger charge is 2.01. The molecule has 2 nitrogen and oxygen atoms in total. The van der Waals surface area contributed by atoms with Crippen LogP contribution in [0.5, 0.6) is 0 Å². The summed E-state index contributed by atoms with van der Waals surface area (Å²) in [5, 5.41) is 3.48. The normalized spacial score (nSPS) is 11.2. The van der Waals surface area contributed by atoms with Gasteiger partial charge in [0, 0.05) is 18.0 Å². The summed E-state index contributed by atoms with van der Waals surface area (Å²) in [5.41, 5.74) is 5.82. The van der Waals surface area contributed by atoms with Crippen LogP contribution in [0.15, 0.2) is 29.8 Å². The van der Waals surface area contributed by atoms with Crippen molar-refractivity contribution in [3.05, 3.63) is 51.5 Å². The predicted molar refractivity (Wildman–Crippen MR) is 82.4 cm³/mol. The summed E-state index contributed by atoms with van der Waals surface area (Å²) >= 11 is 1.72. The molecule has 0 bridgehead atoms. The Kier molecular flexibility index (Phi) is 5.11. The van der Waals surface area contributed by atoms with Crippen LogP contribution in [0.1, 0.15) is 35.5 Å². The second-order valence-corrected chi connectivity index (χ2v) is 6.32. The smallest absolute Gasteiger partial charge is 0.0798 e. The molecular formula is C16H22N2S. The number of benzene rings is 1. The highest BCUT2D eigenvalue weighted by molar-refractivity contribution is 7.09. The second kappa shape index (κ2) is 6.83. The van der Waals surface area contributed by atoms with Crippen molar-refractivity contribution in [2.45, 2.75) is 40.3 Å². The summed E-state index contributed by atoms with van der Waals surface area (Å²) < 4.78 is 0. The highest BCUT2D eigenvalue weighted by atomic mass is 32.1. The molecule has 0 aliphatic rings. The van der Waals surface area contributed by atoms with Gasteiger partial charge in [-0.3, -0.25) is 0 Å². The molecule has 0 spiro atoms. The van der Waals surface area contributed by atoms with Gasteiger partial charge in [0.1, 0.15) is 0 Å². The molecule has 0 aliphatic carbocycles. The predicted octanol–water partition coefficient (Wildman–Crippen LogP) is 3.94. The maximum absolute atomic E-state index is 4.26. The summed E-state index contributed by atoms with van der Waals surface area (Å²) in [6, 6.07) is 8.94. The van der Waals surface area contributed by atoms with Crippen molar-refractivity contribution in [1.82, 2.24) is 10.3 Å². The van der Waals surface area contributed by atoms with Gasteiger partial charge >= 0.3 is 0 Å². The Morgan fingerprint density at radius 2 is 1.79 bits per heavy atom. The van der Waals surface area contributed by atoms with E-state index in [4.69, 9.17) is 0 Å². The molecule has 1 aromatic carbocycles. The zero-order chi connectivity index (χ0) is 13.7. The molecule has 2 rings (SSSR count). The van der Waals surface area contributed by atoms with Crippen molar-refractivity contribution >= 4 is 11.3 Å². The van der Waals surface area contributed by atoms with E-state index in [2.05, 4.69) is 55.3 Å². The third-order valence-electron chi connectivity index (χ3n) is 3.13. The Bertz CT molecular complexity index is 500. The molecule has 0 amide bonds. The van der Waals surface area contributed by atoms with Crippen LogP contribution in [-0.2, 0) is 19.5 Å². The van der Waals surface area contributed by atoms with Gasteiger partial charge < -0.3 is 5.32 Å². The number of nitrogens with zero attached hydrogens (tertiary/aromatic N) is 1. The molecule has 0 unspecified atom stereocenters. The summed E-state index contributed by atoms with van der Waals surface area (Å²) in [7, 11) is 0. The SMILES string of the molecule is Cc1ncsc1CNCc1ccc(CC(C)C)cc1. The lowest BCUT2D eigenvalue weighted by Gasteiger charge is -2.07. The first-order chi connectivity index (χ1) is 9.15. The van der Waals surface area contributed by atoms with Crippen LogP contribution in [0.2, 0.25) is 0 Å². The van der Waals surface area contributed by atoms with E-state index >= 15 is 0 Å². The minimum atomic E-state index is 0.721. The molecule has 0 fully saturated rings. The molecule has 1 aromatic heterocycles. The van der Waals surface area contributed by atoms with Crippen LogP contribution >= 0.6 is 11.3 Å². The van der Waals surface area contributed by atoms with Crippen LogP contribution in [-0.4, -0.2) is 4.98 Å². The van der Waals surface area contributed by atoms with E-state index in [1.54, 1.807) is 11.3 Å². The monoisotopic (exact) mass is 274 g/mol. The molecule has 1 N–H and O–H groups in total. The third kappa shape index (κ3) is 4.44. The van der Waals surface area contributed by atoms with Crippen LogP contribution in [0.25, 0.3) is 0 Å². The molecule has 2 aromatic rings. The van der Waals surface area contributed by atoms with Crippen LogP contribution in [0.4, 0.5) is 0 Å². The number of aromatic nitrogens is 1. The van der Waals surface area contributed by atoms with E-state index < -0.39 is 0 Å². The van der Waals surface area contributed by atoms with Gasteiger partial charge in [-0.05, 0) is 30.4 Å². The quantitative estimate of drug-likeness (QED) is 0.863. The number of rotatable bonds is 6. The zero-order valence-electron chi connectivity index (χ0n) is 11.9. The molecule has 19 heavy (non-hydrogen) atoms. The van der Waals surface area contributed by atoms with Crippen molar-refractivity contribution in [2.24, 2.45) is 5.92 Å². The molecule has 0 radical (unpaired) electrons. The van der Waals surface area contributed by atoms with Gasteiger partial charge in [0.2, 0.25) is 0 Å². The Balaban J connectivity index is 1.81. The Morgan fingerprint density at radius 1 is 1.11 bits per heavy atom. The van der Waals surface area contributed by atoms with Crippen LogP contribution in [0, 0.1) is 12.8 Å². The van der Waals surface area contributed by atoms with E-state index in [1.165, 1.54) is 16.0 Å². The van der Waals surface area contributed by atoms with Crippen molar-refractivity contribution in [2.75, 3.05) is 0 Å². The zero-order valence-corrected chi connectivity index (χ0v) is 12.8. The van der Waals surface area contributed by atoms with E-state index in [1.807, 2.05) is 5.51 Å². The van der Waals surface area contributed by atoms with Crippen molar-refractivity contribution in [3.63, 3.8) is 0 Å². The Labute approximate surface area is 119 Å². The van der Waals surface area contributed by atoms with E-state index in [0.717, 1.165) is 31.1 Å². The fourth-order valence-electron chi connectivity index (χ4n) is 2.08. The van der Waals surface area contributed by atoms with Gasteiger partial charge in [0.15, 0.2) is 0 Å². The molecule has 0 aliphatic heterocycles. The van der Waals surface area contributed by atoms with Gasteiger partial charge in [-0.1, -0.05) is 38.1 Å². The fourth-order valence-corrected chi connectivity index (χ4v) is 2.83. The first-order valence-corrected chi connectivity index (χ1v) is 7.70. The average Bonchev–Trinajstić information content (AvgIpc) is 2.77. The first-order valence-electron chi connectivity index (χ1n) is 6.82. The maximum atomic E-state index is 4.26. The summed E-state index contributed by atoms with van der Waals surface area (Å²) in [6.45, 7) is 8.40. The van der Waals surface area contributed by atoms with Gasteiger partial charge in [-0.15, -0.1) is 11.3 Å². The standard InChI is InChI=1S/C16H22N2S/c1-12(2)8-14-4-6-15(7-5-14)9-17-10-16-13(3)18-11-19-16/h4-7,11-12,17H,8-10H2,1-3H3. The van der Waals surface area contributed by atoms with Crippen molar-refractivity contribution in [1.29, 1.82) is 0 Å². The Hall–Kier alpha value is -1.19. The molecule has 1 heterocycles. The number of thiazole rings is 1. The van der Waals surface area contributed by atoms with Gasteiger partial charge in [0.25, 0.3) is 0 Å². The lowest BCUT2D eigenvalue weighted by atomic mass is 10.0. The summed E-state index contributed by atoms with van der Waals surface area (Å²) in [6.07, 6.45) is 1.16. The first kappa shape index (κ1) is 14.2. The largest absolute Gasteiger partial charge is 0.308 e. The summed E-state index contributed by atoms with van der Waals surface area (Å²) in [5.74, 6) is 0.721. The van der Waals surface area contributed by atoms with Crippen molar-refractivity contribution in [3.8, 4) is 0 Å². The van der Waals surface area contributed by atoms with Gasteiger partial charge in [0.05, 0.1) is 11.2 Å². The number of nitrogens with one attached hydrogen (secondary N) is 1. The lowest BCUT2D eigenvalue weighted by Crippen LogP contribution is -2.12. The van der Waals surface area contributed by atoms with Crippen molar-refractivity contribution < 1.29 is 0 Å². The molecule has 102 valence electrons. The lowest BCUT2D eigenvalue weighted by molar-refractivity contribution is 0.646. The third-order valence-corrected chi connectivity index (χ3v) is 4.06. The second-order valence-electron chi connectivity index (χ2n) is 5.38. The van der Waals surface area contributed by atoms with Crippen LogP contribution in [0.3, 0.4) is 0 Å². The van der Waals surface area contributed by atoms with Crippen LogP contribution < -0.4 is 5.32 Å². The van der Waals surface area contributed by atoms with Gasteiger partial charge in [-0.2, -0.15) is 0 Å². The topological polar surface area (TPSA) is 24.9 Å². The number of aryl methyl sites for hydroxylation is 1. The minimum absolute atomic E-state index is 0.721. The number of hydrogen-bond donors (Lipinski definition) is 1. The molecule has 0 atom stereocenters. The molecule has 0 saturated carbocycles. The maximum Gasteiger partial charge on any atom is 0.0798 e. The molecular weight excluding hydrogens is 252 g/mol. The average molecular weight is 274 g/mol. The Morgan fingerprint density at radius 3 is 2.37 bits per heavy atom. The minimum Gasteiger partial charge on any atom is -0.308 e. The van der Waals surface area contributed by atoms with E-state index in [-0.39, 0.29) is 0 Å². The molecule has 3 heteroatoms. The van der Waals surface area contributed by atoms with Gasteiger partial charge in [-0.25, -0.2) is 4.98 Å². The number of hydrogen-bond acceptors (Lipinski definition) is 3. The fraction of sp³-hybridized carbons (Fsp3) is 0.438. The molecule has 0 saturated heterocycles. The summed E-state index contributed by atoms with van der Waals surface area (Å²) in [4.78, 5) is 5.59. The van der Waals surface area contributed by atoms with E-state index in [0.29, 0.717) is 0 Å².